The highest BCUT2D eigenvalue weighted by Gasteiger charge is 2.24. The fourth-order valence-corrected chi connectivity index (χ4v) is 4.89. The van der Waals surface area contributed by atoms with Crippen LogP contribution in [0, 0.1) is 5.82 Å². The highest BCUT2D eigenvalue weighted by Crippen LogP contribution is 2.26. The molecule has 26 heavy (non-hydrogen) atoms. The van der Waals surface area contributed by atoms with E-state index in [2.05, 4.69) is 30.6 Å². The van der Waals surface area contributed by atoms with E-state index in [-0.39, 0.29) is 9.37 Å². The molecule has 2 N–H and O–H groups in total. The van der Waals surface area contributed by atoms with Crippen molar-refractivity contribution in [3.63, 3.8) is 0 Å². The fourth-order valence-electron chi connectivity index (χ4n) is 2.55. The number of aromatic nitrogens is 2. The van der Waals surface area contributed by atoms with Gasteiger partial charge in [0.15, 0.2) is 0 Å². The third-order valence-corrected chi connectivity index (χ3v) is 6.35. The standard InChI is InChI=1S/C18H17BrFN3O2S/c1-2-15(18-21-11-16(22-18)12-6-4-3-5-7-12)23-26(24,25)17-9-8-13(20)10-14(17)19/h3-11,15,23H,2H2,1H3,(H,21,22). The van der Waals surface area contributed by atoms with Crippen molar-refractivity contribution in [3.05, 3.63) is 70.8 Å². The highest BCUT2D eigenvalue weighted by atomic mass is 79.9. The Labute approximate surface area is 159 Å². The van der Waals surface area contributed by atoms with Gasteiger partial charge in [0.25, 0.3) is 0 Å². The normalized spacial score (nSPS) is 12.9. The van der Waals surface area contributed by atoms with Crippen LogP contribution in [0.1, 0.15) is 25.2 Å². The molecule has 0 bridgehead atoms. The van der Waals surface area contributed by atoms with Crippen LogP contribution in [0.15, 0.2) is 64.1 Å². The van der Waals surface area contributed by atoms with Gasteiger partial charge in [0, 0.05) is 4.47 Å². The topological polar surface area (TPSA) is 74.8 Å². The summed E-state index contributed by atoms with van der Waals surface area (Å²) in [7, 11) is -3.85. The molecule has 1 unspecified atom stereocenters. The average Bonchev–Trinajstić information content (AvgIpc) is 3.10. The van der Waals surface area contributed by atoms with Crippen LogP contribution in [0.5, 0.6) is 0 Å². The van der Waals surface area contributed by atoms with Crippen molar-refractivity contribution in [1.29, 1.82) is 0 Å². The summed E-state index contributed by atoms with van der Waals surface area (Å²) in [4.78, 5) is 7.47. The van der Waals surface area contributed by atoms with E-state index in [0.717, 1.165) is 23.4 Å². The van der Waals surface area contributed by atoms with Crippen molar-refractivity contribution in [2.24, 2.45) is 0 Å². The van der Waals surface area contributed by atoms with Gasteiger partial charge in [-0.2, -0.15) is 0 Å². The summed E-state index contributed by atoms with van der Waals surface area (Å²) in [5.74, 6) is 0.00886. The first-order chi connectivity index (χ1) is 12.4. The smallest absolute Gasteiger partial charge is 0.242 e. The van der Waals surface area contributed by atoms with Gasteiger partial charge in [-0.15, -0.1) is 0 Å². The second-order valence-electron chi connectivity index (χ2n) is 5.71. The minimum atomic E-state index is -3.85. The molecule has 136 valence electrons. The van der Waals surface area contributed by atoms with E-state index < -0.39 is 21.9 Å². The molecule has 1 atom stereocenters. The molecule has 2 aromatic carbocycles. The molecule has 0 fully saturated rings. The van der Waals surface area contributed by atoms with Crippen LogP contribution < -0.4 is 4.72 Å². The second-order valence-corrected chi connectivity index (χ2v) is 8.24. The maximum atomic E-state index is 13.2. The molecule has 0 radical (unpaired) electrons. The average molecular weight is 438 g/mol. The minimum absolute atomic E-state index is 0.0211. The Morgan fingerprint density at radius 2 is 1.96 bits per heavy atom. The molecule has 0 aliphatic rings. The van der Waals surface area contributed by atoms with Gasteiger partial charge in [0.2, 0.25) is 10.0 Å². The maximum absolute atomic E-state index is 13.2. The Morgan fingerprint density at radius 1 is 1.23 bits per heavy atom. The van der Waals surface area contributed by atoms with Gasteiger partial charge in [-0.1, -0.05) is 37.3 Å². The van der Waals surface area contributed by atoms with Crippen molar-refractivity contribution in [2.45, 2.75) is 24.3 Å². The predicted molar refractivity (Wildman–Crippen MR) is 101 cm³/mol. The van der Waals surface area contributed by atoms with Gasteiger partial charge in [0.05, 0.1) is 22.8 Å². The zero-order chi connectivity index (χ0) is 18.7. The number of aromatic amines is 1. The van der Waals surface area contributed by atoms with Gasteiger partial charge in [-0.05, 0) is 46.1 Å². The van der Waals surface area contributed by atoms with Crippen LogP contribution in [0.2, 0.25) is 0 Å². The number of nitrogens with one attached hydrogen (secondary N) is 2. The first-order valence-corrected chi connectivity index (χ1v) is 10.3. The lowest BCUT2D eigenvalue weighted by Gasteiger charge is -2.16. The van der Waals surface area contributed by atoms with Gasteiger partial charge in [-0.3, -0.25) is 0 Å². The summed E-state index contributed by atoms with van der Waals surface area (Å²) in [5.41, 5.74) is 1.77. The van der Waals surface area contributed by atoms with Crippen LogP contribution in [0.4, 0.5) is 4.39 Å². The summed E-state index contributed by atoms with van der Waals surface area (Å²) in [6.45, 7) is 1.86. The van der Waals surface area contributed by atoms with Crippen molar-refractivity contribution < 1.29 is 12.8 Å². The molecule has 8 heteroatoms. The highest BCUT2D eigenvalue weighted by molar-refractivity contribution is 9.10. The number of benzene rings is 2. The Kier molecular flexibility index (Phi) is 5.55. The zero-order valence-electron chi connectivity index (χ0n) is 13.9. The van der Waals surface area contributed by atoms with Crippen molar-refractivity contribution in [2.75, 3.05) is 0 Å². The fraction of sp³-hybridized carbons (Fsp3) is 0.167. The van der Waals surface area contributed by atoms with Gasteiger partial charge < -0.3 is 4.98 Å². The van der Waals surface area contributed by atoms with E-state index in [1.807, 2.05) is 37.3 Å². The van der Waals surface area contributed by atoms with E-state index in [0.29, 0.717) is 12.2 Å². The third kappa shape index (κ3) is 4.03. The summed E-state index contributed by atoms with van der Waals surface area (Å²) in [5, 5.41) is 0. The molecule has 0 saturated heterocycles. The molecule has 1 aromatic heterocycles. The minimum Gasteiger partial charge on any atom is -0.341 e. The first-order valence-electron chi connectivity index (χ1n) is 7.98. The number of nitrogens with zero attached hydrogens (tertiary/aromatic N) is 1. The Bertz CT molecular complexity index is 1010. The summed E-state index contributed by atoms with van der Waals surface area (Å²) < 4.78 is 41.4. The van der Waals surface area contributed by atoms with Gasteiger partial charge in [0.1, 0.15) is 11.6 Å². The zero-order valence-corrected chi connectivity index (χ0v) is 16.3. The van der Waals surface area contributed by atoms with Gasteiger partial charge >= 0.3 is 0 Å². The van der Waals surface area contributed by atoms with Crippen LogP contribution in [-0.2, 0) is 10.0 Å². The Hall–Kier alpha value is -2.03. The molecule has 5 nitrogen and oxygen atoms in total. The third-order valence-electron chi connectivity index (χ3n) is 3.90. The van der Waals surface area contributed by atoms with Gasteiger partial charge in [-0.25, -0.2) is 22.5 Å². The van der Waals surface area contributed by atoms with Crippen LogP contribution in [0.3, 0.4) is 0 Å². The van der Waals surface area contributed by atoms with Crippen LogP contribution in [0.25, 0.3) is 11.3 Å². The lowest BCUT2D eigenvalue weighted by molar-refractivity contribution is 0.538. The number of rotatable bonds is 6. The maximum Gasteiger partial charge on any atom is 0.242 e. The number of hydrogen-bond acceptors (Lipinski definition) is 3. The number of halogens is 2. The van der Waals surface area contributed by atoms with Crippen molar-refractivity contribution in [1.82, 2.24) is 14.7 Å². The van der Waals surface area contributed by atoms with Crippen molar-refractivity contribution >= 4 is 26.0 Å². The summed E-state index contributed by atoms with van der Waals surface area (Å²) >= 11 is 3.10. The molecule has 0 spiro atoms. The molecule has 0 amide bonds. The SMILES string of the molecule is CCC(NS(=O)(=O)c1ccc(F)cc1Br)c1ncc(-c2ccccc2)[nH]1. The number of imidazole rings is 1. The molecular weight excluding hydrogens is 421 g/mol. The molecule has 0 aliphatic heterocycles. The van der Waals surface area contributed by atoms with E-state index >= 15 is 0 Å². The van der Waals surface area contributed by atoms with Crippen LogP contribution in [-0.4, -0.2) is 18.4 Å². The largest absolute Gasteiger partial charge is 0.341 e. The Balaban J connectivity index is 1.87. The number of hydrogen-bond donors (Lipinski definition) is 2. The molecule has 0 saturated carbocycles. The van der Waals surface area contributed by atoms with E-state index in [4.69, 9.17) is 0 Å². The number of H-pyrrole nitrogens is 1. The van der Waals surface area contributed by atoms with Crippen LogP contribution >= 0.6 is 15.9 Å². The van der Waals surface area contributed by atoms with E-state index in [9.17, 15) is 12.8 Å². The molecule has 0 aliphatic carbocycles. The second kappa shape index (κ2) is 7.69. The lowest BCUT2D eigenvalue weighted by atomic mass is 10.2. The molecular formula is C18H17BrFN3O2S. The summed E-state index contributed by atoms with van der Waals surface area (Å²) in [6.07, 6.45) is 2.18. The number of sulfonamides is 1. The molecule has 3 rings (SSSR count). The predicted octanol–water partition coefficient (Wildman–Crippen LogP) is 4.41. The molecule has 1 heterocycles. The summed E-state index contributed by atoms with van der Waals surface area (Å²) in [6, 6.07) is 12.6. The van der Waals surface area contributed by atoms with E-state index in [1.165, 1.54) is 6.07 Å². The molecule has 3 aromatic rings. The monoisotopic (exact) mass is 437 g/mol. The lowest BCUT2D eigenvalue weighted by Crippen LogP contribution is -2.29. The first kappa shape index (κ1) is 18.8. The Morgan fingerprint density at radius 3 is 2.62 bits per heavy atom. The van der Waals surface area contributed by atoms with Crippen molar-refractivity contribution in [3.8, 4) is 11.3 Å². The quantitative estimate of drug-likeness (QED) is 0.599. The van der Waals surface area contributed by atoms with E-state index in [1.54, 1.807) is 6.20 Å².